The van der Waals surface area contributed by atoms with Crippen LogP contribution in [0, 0.1) is 5.92 Å². The Hall–Kier alpha value is -2.54. The Morgan fingerprint density at radius 1 is 0.966 bits per heavy atom. The molecule has 2 rings (SSSR count). The predicted molar refractivity (Wildman–Crippen MR) is 106 cm³/mol. The lowest BCUT2D eigenvalue weighted by Gasteiger charge is -2.24. The smallest absolute Gasteiger partial charge is 0.348 e. The van der Waals surface area contributed by atoms with Crippen LogP contribution in [0.25, 0.3) is 0 Å². The van der Waals surface area contributed by atoms with Crippen molar-refractivity contribution in [2.75, 3.05) is 0 Å². The van der Waals surface area contributed by atoms with Crippen LogP contribution < -0.4 is 10.6 Å². The van der Waals surface area contributed by atoms with Gasteiger partial charge in [-0.2, -0.15) is 13.2 Å². The van der Waals surface area contributed by atoms with Crippen LogP contribution in [-0.2, 0) is 11.0 Å². The first-order valence-electron chi connectivity index (χ1n) is 9.03. The van der Waals surface area contributed by atoms with Crippen molar-refractivity contribution in [1.29, 1.82) is 0 Å². The SMILES string of the molecule is CC(C)[C@H](NC(=O)c1ccccc1Cl)C(=O)N[C@H](C)c1cccc(C(F)(F)F)c1. The zero-order valence-electron chi connectivity index (χ0n) is 16.2. The molecular weight excluding hydrogens is 405 g/mol. The maximum atomic E-state index is 12.9. The minimum atomic E-state index is -4.47. The van der Waals surface area contributed by atoms with E-state index in [-0.39, 0.29) is 16.5 Å². The summed E-state index contributed by atoms with van der Waals surface area (Å²) in [6, 6.07) is 9.65. The minimum absolute atomic E-state index is 0.235. The monoisotopic (exact) mass is 426 g/mol. The molecule has 8 heteroatoms. The Bertz CT molecular complexity index is 884. The molecule has 0 radical (unpaired) electrons. The normalized spacial score (nSPS) is 13.7. The third-order valence-corrected chi connectivity index (χ3v) is 4.76. The molecule has 0 spiro atoms. The van der Waals surface area contributed by atoms with E-state index < -0.39 is 35.6 Å². The van der Waals surface area contributed by atoms with E-state index in [0.29, 0.717) is 5.56 Å². The van der Waals surface area contributed by atoms with Crippen LogP contribution in [0.3, 0.4) is 0 Å². The van der Waals surface area contributed by atoms with E-state index in [0.717, 1.165) is 12.1 Å². The molecule has 4 nitrogen and oxygen atoms in total. The van der Waals surface area contributed by atoms with Crippen LogP contribution in [0.5, 0.6) is 0 Å². The highest BCUT2D eigenvalue weighted by molar-refractivity contribution is 6.33. The lowest BCUT2D eigenvalue weighted by atomic mass is 10.0. The molecule has 0 saturated carbocycles. The second kappa shape index (κ2) is 9.31. The number of carbonyl (C=O) groups excluding carboxylic acids is 2. The quantitative estimate of drug-likeness (QED) is 0.683. The van der Waals surface area contributed by atoms with Crippen LogP contribution in [0.4, 0.5) is 13.2 Å². The second-order valence-electron chi connectivity index (χ2n) is 7.03. The van der Waals surface area contributed by atoms with Crippen LogP contribution in [0.2, 0.25) is 5.02 Å². The van der Waals surface area contributed by atoms with Gasteiger partial charge in [0.25, 0.3) is 5.91 Å². The van der Waals surface area contributed by atoms with Gasteiger partial charge in [0.1, 0.15) is 6.04 Å². The van der Waals surface area contributed by atoms with E-state index in [1.165, 1.54) is 18.2 Å². The van der Waals surface area contributed by atoms with Gasteiger partial charge in [0.05, 0.1) is 22.2 Å². The number of nitrogens with one attached hydrogen (secondary N) is 2. The molecule has 0 aliphatic heterocycles. The number of carbonyl (C=O) groups is 2. The zero-order valence-corrected chi connectivity index (χ0v) is 16.9. The summed E-state index contributed by atoms with van der Waals surface area (Å²) in [7, 11) is 0. The van der Waals surface area contributed by atoms with Crippen LogP contribution in [0.1, 0.15) is 48.3 Å². The Balaban J connectivity index is 2.13. The molecule has 0 heterocycles. The standard InChI is InChI=1S/C21H22ClF3N2O2/c1-12(2)18(27-19(28)16-9-4-5-10-17(16)22)20(29)26-13(3)14-7-6-8-15(11-14)21(23,24)25/h4-13,18H,1-3H3,(H,26,29)(H,27,28)/t13-,18+/m1/s1. The lowest BCUT2D eigenvalue weighted by Crippen LogP contribution is -2.50. The highest BCUT2D eigenvalue weighted by Gasteiger charge is 2.31. The molecule has 2 N–H and O–H groups in total. The molecule has 0 aliphatic carbocycles. The summed E-state index contributed by atoms with van der Waals surface area (Å²) >= 11 is 6.02. The maximum absolute atomic E-state index is 12.9. The van der Waals surface area contributed by atoms with Crippen LogP contribution in [0.15, 0.2) is 48.5 Å². The molecule has 0 fully saturated rings. The van der Waals surface area contributed by atoms with Gasteiger partial charge in [0.2, 0.25) is 5.91 Å². The van der Waals surface area contributed by atoms with E-state index >= 15 is 0 Å². The predicted octanol–water partition coefficient (Wildman–Crippen LogP) is 4.99. The van der Waals surface area contributed by atoms with Crippen molar-refractivity contribution < 1.29 is 22.8 Å². The largest absolute Gasteiger partial charge is 0.416 e. The van der Waals surface area contributed by atoms with Gasteiger partial charge in [-0.3, -0.25) is 9.59 Å². The Morgan fingerprint density at radius 2 is 1.62 bits per heavy atom. The molecule has 29 heavy (non-hydrogen) atoms. The van der Waals surface area contributed by atoms with Crippen molar-refractivity contribution in [3.63, 3.8) is 0 Å². The van der Waals surface area contributed by atoms with Gasteiger partial charge in [-0.25, -0.2) is 0 Å². The van der Waals surface area contributed by atoms with Crippen LogP contribution >= 0.6 is 11.6 Å². The topological polar surface area (TPSA) is 58.2 Å². The van der Waals surface area contributed by atoms with E-state index in [2.05, 4.69) is 10.6 Å². The molecule has 0 aliphatic rings. The summed E-state index contributed by atoms with van der Waals surface area (Å²) in [5, 5.41) is 5.58. The Labute approximate surface area is 172 Å². The van der Waals surface area contributed by atoms with E-state index in [9.17, 15) is 22.8 Å². The molecule has 0 unspecified atom stereocenters. The lowest BCUT2D eigenvalue weighted by molar-refractivity contribution is -0.137. The molecule has 0 aromatic heterocycles. The number of hydrogen-bond donors (Lipinski definition) is 2. The third-order valence-electron chi connectivity index (χ3n) is 4.43. The molecule has 156 valence electrons. The molecule has 2 aromatic rings. The summed E-state index contributed by atoms with van der Waals surface area (Å²) in [5.41, 5.74) is -0.241. The van der Waals surface area contributed by atoms with Gasteiger partial charge in [-0.05, 0) is 42.7 Å². The first-order valence-corrected chi connectivity index (χ1v) is 9.41. The van der Waals surface area contributed by atoms with Crippen molar-refractivity contribution in [2.45, 2.75) is 39.0 Å². The van der Waals surface area contributed by atoms with E-state index in [1.54, 1.807) is 39.0 Å². The second-order valence-corrected chi connectivity index (χ2v) is 7.44. The highest BCUT2D eigenvalue weighted by Crippen LogP contribution is 2.30. The van der Waals surface area contributed by atoms with Crippen molar-refractivity contribution in [3.05, 3.63) is 70.2 Å². The molecule has 2 amide bonds. The maximum Gasteiger partial charge on any atom is 0.416 e. The number of hydrogen-bond acceptors (Lipinski definition) is 2. The number of halogens is 4. The fourth-order valence-electron chi connectivity index (χ4n) is 2.77. The fraction of sp³-hybridized carbons (Fsp3) is 0.333. The van der Waals surface area contributed by atoms with Gasteiger partial charge in [0, 0.05) is 0 Å². The minimum Gasteiger partial charge on any atom is -0.348 e. The molecule has 2 atom stereocenters. The zero-order chi connectivity index (χ0) is 21.8. The summed E-state index contributed by atoms with van der Waals surface area (Å²) in [6.07, 6.45) is -4.47. The van der Waals surface area contributed by atoms with Gasteiger partial charge in [0.15, 0.2) is 0 Å². The van der Waals surface area contributed by atoms with Crippen molar-refractivity contribution in [2.24, 2.45) is 5.92 Å². The van der Waals surface area contributed by atoms with Gasteiger partial charge in [-0.15, -0.1) is 0 Å². The Kier molecular flexibility index (Phi) is 7.30. The molecular formula is C21H22ClF3N2O2. The number of amides is 2. The number of benzene rings is 2. The number of rotatable bonds is 6. The fourth-order valence-corrected chi connectivity index (χ4v) is 2.99. The summed E-state index contributed by atoms with van der Waals surface area (Å²) < 4.78 is 38.8. The number of alkyl halides is 3. The van der Waals surface area contributed by atoms with Gasteiger partial charge in [-0.1, -0.05) is 49.7 Å². The summed E-state index contributed by atoms with van der Waals surface area (Å²) in [6.45, 7) is 5.10. The highest BCUT2D eigenvalue weighted by atomic mass is 35.5. The Morgan fingerprint density at radius 3 is 2.21 bits per heavy atom. The van der Waals surface area contributed by atoms with Gasteiger partial charge < -0.3 is 10.6 Å². The average molecular weight is 427 g/mol. The summed E-state index contributed by atoms with van der Waals surface area (Å²) in [4.78, 5) is 25.2. The molecule has 2 aromatic carbocycles. The van der Waals surface area contributed by atoms with Crippen molar-refractivity contribution in [3.8, 4) is 0 Å². The third kappa shape index (κ3) is 5.97. The molecule has 0 saturated heterocycles. The van der Waals surface area contributed by atoms with Gasteiger partial charge >= 0.3 is 6.18 Å². The first kappa shape index (κ1) is 22.7. The summed E-state index contributed by atoms with van der Waals surface area (Å²) in [5.74, 6) is -1.25. The first-order chi connectivity index (χ1) is 13.5. The van der Waals surface area contributed by atoms with Crippen molar-refractivity contribution >= 4 is 23.4 Å². The van der Waals surface area contributed by atoms with E-state index in [1.807, 2.05) is 0 Å². The molecule has 0 bridgehead atoms. The van der Waals surface area contributed by atoms with Crippen LogP contribution in [-0.4, -0.2) is 17.9 Å². The average Bonchev–Trinajstić information content (AvgIpc) is 2.65. The van der Waals surface area contributed by atoms with E-state index in [4.69, 9.17) is 11.6 Å². The van der Waals surface area contributed by atoms with Crippen molar-refractivity contribution in [1.82, 2.24) is 10.6 Å².